The van der Waals surface area contributed by atoms with Gasteiger partial charge in [0.25, 0.3) is 0 Å². The number of hydrogen-bond acceptors (Lipinski definition) is 17. The molecule has 16 rings (SSSR count). The van der Waals surface area contributed by atoms with Gasteiger partial charge < -0.3 is 60.3 Å². The number of benzene rings is 1. The Bertz CT molecular complexity index is 4100. The third-order valence-electron chi connectivity index (χ3n) is 22.0. The molecule has 1 atom stereocenters. The lowest BCUT2D eigenvalue weighted by molar-refractivity contribution is -0.0470. The first-order valence-electron chi connectivity index (χ1n) is 37.6. The van der Waals surface area contributed by atoms with Crippen LogP contribution in [0.3, 0.4) is 0 Å². The monoisotopic (exact) mass is 1410 g/mol. The fourth-order valence-corrected chi connectivity index (χ4v) is 14.9. The summed E-state index contributed by atoms with van der Waals surface area (Å²) in [7, 11) is 0. The van der Waals surface area contributed by atoms with Gasteiger partial charge in [0.05, 0.1) is 61.1 Å². The van der Waals surface area contributed by atoms with E-state index < -0.39 is 5.67 Å². The number of halogens is 1. The number of pyridine rings is 5. The molecule has 6 N–H and O–H groups in total. The molecule has 7 aliphatic heterocycles. The second-order valence-electron chi connectivity index (χ2n) is 37.8. The minimum atomic E-state index is -1.37. The molecule has 1 saturated heterocycles. The lowest BCUT2D eigenvalue weighted by atomic mass is 9.81. The summed E-state index contributed by atoms with van der Waals surface area (Å²) in [6.45, 7) is 63.4. The van der Waals surface area contributed by atoms with E-state index in [2.05, 4.69) is 241 Å². The Morgan fingerprint density at radius 3 is 1.31 bits per heavy atom. The summed E-state index contributed by atoms with van der Waals surface area (Å²) in [6, 6.07) is 4.23. The van der Waals surface area contributed by atoms with Crippen LogP contribution in [0.5, 0.6) is 29.3 Å². The molecule has 0 amide bonds. The van der Waals surface area contributed by atoms with Crippen LogP contribution in [-0.4, -0.2) is 99.9 Å². The Morgan fingerprint density at radius 2 is 0.845 bits per heavy atom. The first-order valence-corrected chi connectivity index (χ1v) is 37.6. The summed E-state index contributed by atoms with van der Waals surface area (Å²) in [5.74, 6) is 4.34. The molecule has 10 aliphatic rings. The molecule has 1 unspecified atom stereocenters. The largest absolute Gasteiger partial charge is 0.476 e. The summed E-state index contributed by atoms with van der Waals surface area (Å²) in [5, 5.41) is 20.7. The van der Waals surface area contributed by atoms with Crippen molar-refractivity contribution in [3.63, 3.8) is 0 Å². The van der Waals surface area contributed by atoms with Crippen molar-refractivity contribution in [2.75, 3.05) is 84.6 Å². The van der Waals surface area contributed by atoms with Crippen molar-refractivity contribution < 1.29 is 32.8 Å². The summed E-state index contributed by atoms with van der Waals surface area (Å²) in [4.78, 5) is 22.5. The quantitative estimate of drug-likeness (QED) is 0.0841. The van der Waals surface area contributed by atoms with Gasteiger partial charge in [0.1, 0.15) is 41.6 Å². The lowest BCUT2D eigenvalue weighted by Gasteiger charge is -2.46. The van der Waals surface area contributed by atoms with Crippen molar-refractivity contribution in [1.82, 2.24) is 24.9 Å². The number of ether oxygens (including phenoxy) is 6. The zero-order valence-electron chi connectivity index (χ0n) is 67.1. The molecule has 0 bridgehead atoms. The van der Waals surface area contributed by atoms with Crippen LogP contribution < -0.4 is 55.6 Å². The van der Waals surface area contributed by atoms with Gasteiger partial charge in [-0.2, -0.15) is 0 Å². The SMILES string of the molecule is C=C1Nc2cc(C)c(C(C)(C)C)cc2O1.Cc1c(C(C)(C)C)cnc2c1NC1(CC1)CO2.Cc1c(C(C)(C)C)cnc2c1NC1(CC2)COC1.Cc1c(C(C)(C)C)cnc2c1NCC(C)(F)CO2.Cc1c(C(C)(C)C)cnc2c1NCC1(CC1)CO2.Cc1c(C(C)(C)C)cnc2c1NCC1(CC1)O2. The minimum absolute atomic E-state index is 0.0130. The summed E-state index contributed by atoms with van der Waals surface area (Å²) in [6.07, 6.45) is 19.3. The number of anilines is 6. The van der Waals surface area contributed by atoms with E-state index in [1.165, 1.54) is 99.6 Å². The molecule has 17 nitrogen and oxygen atoms in total. The fraction of sp³-hybridized carbons (Fsp3) is 0.612. The summed E-state index contributed by atoms with van der Waals surface area (Å²) < 4.78 is 48.0. The van der Waals surface area contributed by atoms with Crippen molar-refractivity contribution in [2.45, 2.75) is 279 Å². The van der Waals surface area contributed by atoms with Gasteiger partial charge in [-0.25, -0.2) is 24.3 Å². The van der Waals surface area contributed by atoms with Crippen LogP contribution in [0.15, 0.2) is 55.6 Å². The molecule has 103 heavy (non-hydrogen) atoms. The number of nitrogens with one attached hydrogen (secondary N) is 6. The van der Waals surface area contributed by atoms with E-state index in [1.807, 2.05) is 31.7 Å². The molecular formula is C85H122FN11O6. The van der Waals surface area contributed by atoms with Crippen LogP contribution in [0.1, 0.15) is 249 Å². The van der Waals surface area contributed by atoms with Crippen molar-refractivity contribution in [2.24, 2.45) is 5.41 Å². The number of alkyl halides is 1. The standard InChI is InChI=1S/2C15H22N2O.C14H21FN2O.2C14H20N2O.C13H17NO/c1-10-11(14(2,3)4)7-16-13-12(10)17-8-15(5-6-15)9-18-13;1-10-11(14(2,3)4)7-16-12-5-6-15(8-18-9-15)17-13(10)12;1-9-10(13(2,3)4)6-16-12-11(9)17-7-14(5,15)8-18-12;1-9-10(13(2,3)4)7-15-12-11(9)16-14(5-6-14)8-17-12;1-9-10(13(2,3)4)7-15-12-11(9)16-8-14(17-12)5-6-14;1-8-6-11-12(15-9(2)14-11)7-10(8)13(3,4)5/h2*7,17H,5-6,8-9H2,1-4H3;6,17H,7-8H2,1-5H3;2*7,16H,5-6,8H2,1-4H3;6-7,14H,2H2,1,3-5H3. The zero-order chi connectivity index (χ0) is 75.2. The molecule has 1 aromatic carbocycles. The average molecular weight is 1410 g/mol. The fourth-order valence-electron chi connectivity index (χ4n) is 14.9. The number of hydrogen-bond donors (Lipinski definition) is 6. The lowest BCUT2D eigenvalue weighted by Crippen LogP contribution is -2.57. The first kappa shape index (κ1) is 76.5. The molecule has 18 heteroatoms. The molecule has 5 aromatic heterocycles. The van der Waals surface area contributed by atoms with Gasteiger partial charge in [0, 0.05) is 42.9 Å². The first-order chi connectivity index (χ1) is 47.7. The third kappa shape index (κ3) is 17.1. The maximum absolute atomic E-state index is 13.9. The highest BCUT2D eigenvalue weighted by molar-refractivity contribution is 5.69. The van der Waals surface area contributed by atoms with Gasteiger partial charge in [-0.3, -0.25) is 4.98 Å². The number of rotatable bonds is 0. The van der Waals surface area contributed by atoms with Crippen molar-refractivity contribution in [3.8, 4) is 29.3 Å². The van der Waals surface area contributed by atoms with Crippen LogP contribution in [0.4, 0.5) is 38.5 Å². The minimum Gasteiger partial charge on any atom is -0.476 e. The summed E-state index contributed by atoms with van der Waals surface area (Å²) in [5.41, 5.74) is 23.1. The van der Waals surface area contributed by atoms with E-state index in [0.29, 0.717) is 17.2 Å². The van der Waals surface area contributed by atoms with Gasteiger partial charge in [0.2, 0.25) is 23.5 Å². The maximum Gasteiger partial charge on any atom is 0.238 e. The smallest absolute Gasteiger partial charge is 0.238 e. The molecule has 4 spiro atoms. The molecule has 6 aromatic rings. The predicted molar refractivity (Wildman–Crippen MR) is 418 cm³/mol. The molecule has 3 saturated carbocycles. The Labute approximate surface area is 615 Å². The van der Waals surface area contributed by atoms with Crippen molar-refractivity contribution in [3.05, 3.63) is 128 Å². The van der Waals surface area contributed by atoms with Crippen LogP contribution in [0, 0.1) is 47.0 Å². The highest BCUT2D eigenvalue weighted by Crippen LogP contribution is 2.52. The van der Waals surface area contributed by atoms with Gasteiger partial charge >= 0.3 is 0 Å². The van der Waals surface area contributed by atoms with Crippen LogP contribution in [0.2, 0.25) is 0 Å². The molecule has 560 valence electrons. The number of nitrogens with zero attached hydrogens (tertiary/aromatic N) is 5. The van der Waals surface area contributed by atoms with E-state index in [-0.39, 0.29) is 62.3 Å². The Morgan fingerprint density at radius 1 is 0.427 bits per heavy atom. The van der Waals surface area contributed by atoms with Crippen LogP contribution in [-0.2, 0) is 43.6 Å². The van der Waals surface area contributed by atoms with E-state index in [4.69, 9.17) is 28.4 Å². The second kappa shape index (κ2) is 27.4. The molecular weight excluding hydrogens is 1290 g/mol. The van der Waals surface area contributed by atoms with Gasteiger partial charge in [-0.05, 0) is 218 Å². The number of aryl methyl sites for hydroxylation is 2. The number of fused-ring (bicyclic) bond motifs is 6. The molecule has 12 heterocycles. The van der Waals surface area contributed by atoms with Gasteiger partial charge in [-0.1, -0.05) is 125 Å². The predicted octanol–water partition coefficient (Wildman–Crippen LogP) is 18.9. The maximum atomic E-state index is 13.9. The van der Waals surface area contributed by atoms with E-state index in [1.54, 1.807) is 0 Å². The average Bonchev–Trinajstić information content (AvgIpc) is 1.74. The number of aromatic nitrogens is 5. The molecule has 0 radical (unpaired) electrons. The van der Waals surface area contributed by atoms with Crippen LogP contribution in [0.25, 0.3) is 0 Å². The summed E-state index contributed by atoms with van der Waals surface area (Å²) >= 11 is 0. The van der Waals surface area contributed by atoms with Gasteiger partial charge in [0.15, 0.2) is 17.3 Å². The van der Waals surface area contributed by atoms with Gasteiger partial charge in [-0.15, -0.1) is 0 Å². The van der Waals surface area contributed by atoms with Crippen molar-refractivity contribution >= 4 is 34.1 Å². The zero-order valence-corrected chi connectivity index (χ0v) is 67.1. The molecule has 4 fully saturated rings. The molecule has 3 aliphatic carbocycles. The van der Waals surface area contributed by atoms with E-state index >= 15 is 0 Å². The third-order valence-corrected chi connectivity index (χ3v) is 22.0. The van der Waals surface area contributed by atoms with E-state index in [9.17, 15) is 4.39 Å². The highest BCUT2D eigenvalue weighted by Gasteiger charge is 2.50. The van der Waals surface area contributed by atoms with Crippen molar-refractivity contribution in [1.29, 1.82) is 0 Å². The Hall–Kier alpha value is -7.60. The topological polar surface area (TPSA) is 192 Å². The van der Waals surface area contributed by atoms with Crippen LogP contribution >= 0.6 is 0 Å². The normalized spacial score (nSPS) is 20.3. The Balaban J connectivity index is 0.000000124. The Kier molecular flexibility index (Phi) is 20.3. The van der Waals surface area contributed by atoms with E-state index in [0.717, 1.165) is 128 Å². The highest BCUT2D eigenvalue weighted by atomic mass is 19.1. The second-order valence-corrected chi connectivity index (χ2v) is 37.8.